The highest BCUT2D eigenvalue weighted by atomic mass is 19.4. The predicted molar refractivity (Wildman–Crippen MR) is 125 cm³/mol. The molecule has 2 aromatic heterocycles. The monoisotopic (exact) mass is 467 g/mol. The van der Waals surface area contributed by atoms with E-state index in [0.717, 1.165) is 41.9 Å². The fourth-order valence-corrected chi connectivity index (χ4v) is 4.71. The zero-order chi connectivity index (χ0) is 24.3. The number of likely N-dealkylation sites (tertiary alicyclic amines) is 1. The molecule has 0 bridgehead atoms. The Bertz CT molecular complexity index is 1130. The molecule has 0 N–H and O–H groups in total. The van der Waals surface area contributed by atoms with Gasteiger partial charge in [0.1, 0.15) is 0 Å². The Morgan fingerprint density at radius 3 is 2.62 bits per heavy atom. The van der Waals surface area contributed by atoms with Crippen molar-refractivity contribution in [2.45, 2.75) is 51.7 Å². The van der Waals surface area contributed by atoms with Crippen LogP contribution in [-0.2, 0) is 12.6 Å². The molecule has 178 valence electrons. The van der Waals surface area contributed by atoms with Crippen molar-refractivity contribution in [3.05, 3.63) is 83.3 Å². The van der Waals surface area contributed by atoms with Crippen molar-refractivity contribution in [1.82, 2.24) is 14.9 Å². The van der Waals surface area contributed by atoms with Crippen LogP contribution in [0.5, 0.6) is 0 Å². The van der Waals surface area contributed by atoms with Crippen molar-refractivity contribution in [2.24, 2.45) is 5.92 Å². The van der Waals surface area contributed by atoms with Crippen LogP contribution in [0.25, 0.3) is 11.3 Å². The highest BCUT2D eigenvalue weighted by Crippen LogP contribution is 2.32. The lowest BCUT2D eigenvalue weighted by atomic mass is 9.86. The largest absolute Gasteiger partial charge is 0.417 e. The number of piperidine rings is 1. The Morgan fingerprint density at radius 1 is 1.12 bits per heavy atom. The van der Waals surface area contributed by atoms with Crippen LogP contribution in [0.1, 0.15) is 53.4 Å². The molecule has 1 aliphatic rings. The Morgan fingerprint density at radius 2 is 1.94 bits per heavy atom. The summed E-state index contributed by atoms with van der Waals surface area (Å²) in [5.74, 6) is 0.261. The number of benzene rings is 1. The Hall–Kier alpha value is -3.22. The van der Waals surface area contributed by atoms with Gasteiger partial charge in [-0.05, 0) is 68.9 Å². The molecule has 1 aromatic carbocycles. The van der Waals surface area contributed by atoms with Crippen LogP contribution in [0.3, 0.4) is 0 Å². The van der Waals surface area contributed by atoms with E-state index < -0.39 is 11.7 Å². The summed E-state index contributed by atoms with van der Waals surface area (Å²) in [5, 5.41) is 0. The quantitative estimate of drug-likeness (QED) is 0.440. The number of alkyl halides is 3. The lowest BCUT2D eigenvalue weighted by molar-refractivity contribution is -0.137. The molecule has 2 atom stereocenters. The van der Waals surface area contributed by atoms with Gasteiger partial charge in [0.15, 0.2) is 0 Å². The van der Waals surface area contributed by atoms with Crippen LogP contribution < -0.4 is 0 Å². The third-order valence-electron chi connectivity index (χ3n) is 6.57. The Balaban J connectivity index is 1.57. The number of rotatable bonds is 5. The molecule has 3 heterocycles. The standard InChI is InChI=1S/C27H28F3N3O/c1-18-8-12-22(24-7-3-4-14-31-24)23(16-18)26(34)33-15-5-6-19(2)25(33)13-11-21-10-9-20(17-32-21)27(28,29)30/h3-4,7-10,12,14,16-17,19,25H,5-6,11,13,15H2,1-2H3/t19-,25-/m1/s1. The molecule has 0 unspecified atom stereocenters. The molecule has 34 heavy (non-hydrogen) atoms. The summed E-state index contributed by atoms with van der Waals surface area (Å²) in [6.07, 6.45) is 1.29. The molecule has 1 amide bonds. The summed E-state index contributed by atoms with van der Waals surface area (Å²) in [4.78, 5) is 24.2. The van der Waals surface area contributed by atoms with Crippen LogP contribution in [0.4, 0.5) is 13.2 Å². The van der Waals surface area contributed by atoms with Crippen LogP contribution in [0.2, 0.25) is 0 Å². The van der Waals surface area contributed by atoms with Crippen LogP contribution in [0.15, 0.2) is 60.9 Å². The first kappa shape index (κ1) is 23.9. The fourth-order valence-electron chi connectivity index (χ4n) is 4.71. The molecule has 4 rings (SSSR count). The maximum Gasteiger partial charge on any atom is 0.417 e. The third kappa shape index (κ3) is 5.29. The van der Waals surface area contributed by atoms with E-state index in [1.807, 2.05) is 48.2 Å². The van der Waals surface area contributed by atoms with Gasteiger partial charge in [0.2, 0.25) is 0 Å². The number of nitrogens with zero attached hydrogens (tertiary/aromatic N) is 3. The van der Waals surface area contributed by atoms with Gasteiger partial charge in [0.25, 0.3) is 5.91 Å². The number of pyridine rings is 2. The van der Waals surface area contributed by atoms with Gasteiger partial charge in [-0.25, -0.2) is 0 Å². The molecule has 0 saturated carbocycles. The zero-order valence-corrected chi connectivity index (χ0v) is 19.3. The van der Waals surface area contributed by atoms with Crippen molar-refractivity contribution < 1.29 is 18.0 Å². The van der Waals surface area contributed by atoms with E-state index in [1.54, 1.807) is 6.20 Å². The van der Waals surface area contributed by atoms with Crippen molar-refractivity contribution in [3.63, 3.8) is 0 Å². The predicted octanol–water partition coefficient (Wildman–Crippen LogP) is 6.34. The summed E-state index contributed by atoms with van der Waals surface area (Å²) in [7, 11) is 0. The molecular weight excluding hydrogens is 439 g/mol. The molecule has 3 aromatic rings. The van der Waals surface area contributed by atoms with Gasteiger partial charge in [0.05, 0.1) is 11.3 Å². The Labute approximate surface area is 197 Å². The highest BCUT2D eigenvalue weighted by molar-refractivity contribution is 6.01. The van der Waals surface area contributed by atoms with Crippen LogP contribution in [-0.4, -0.2) is 33.4 Å². The second-order valence-electron chi connectivity index (χ2n) is 9.02. The summed E-state index contributed by atoms with van der Waals surface area (Å²) in [6, 6.07) is 14.0. The molecule has 1 aliphatic heterocycles. The maximum atomic E-state index is 13.8. The summed E-state index contributed by atoms with van der Waals surface area (Å²) >= 11 is 0. The van der Waals surface area contributed by atoms with E-state index in [-0.39, 0.29) is 17.9 Å². The lowest BCUT2D eigenvalue weighted by Gasteiger charge is -2.40. The normalized spacial score (nSPS) is 18.7. The number of carbonyl (C=O) groups is 1. The molecule has 7 heteroatoms. The third-order valence-corrected chi connectivity index (χ3v) is 6.57. The Kier molecular flexibility index (Phi) is 7.00. The molecule has 0 spiro atoms. The average molecular weight is 468 g/mol. The molecule has 0 aliphatic carbocycles. The number of hydrogen-bond acceptors (Lipinski definition) is 3. The average Bonchev–Trinajstić information content (AvgIpc) is 2.83. The van der Waals surface area contributed by atoms with E-state index in [1.165, 1.54) is 6.07 Å². The van der Waals surface area contributed by atoms with Crippen molar-refractivity contribution in [1.29, 1.82) is 0 Å². The first-order valence-corrected chi connectivity index (χ1v) is 11.6. The van der Waals surface area contributed by atoms with Gasteiger partial charge in [-0.1, -0.05) is 30.7 Å². The van der Waals surface area contributed by atoms with Gasteiger partial charge in [-0.2, -0.15) is 13.2 Å². The summed E-state index contributed by atoms with van der Waals surface area (Å²) in [5.41, 5.74) is 3.03. The van der Waals surface area contributed by atoms with Gasteiger partial charge < -0.3 is 4.90 Å². The number of aromatic nitrogens is 2. The first-order valence-electron chi connectivity index (χ1n) is 11.6. The smallest absolute Gasteiger partial charge is 0.335 e. The number of hydrogen-bond donors (Lipinski definition) is 0. The van der Waals surface area contributed by atoms with Gasteiger partial charge in [-0.15, -0.1) is 0 Å². The topological polar surface area (TPSA) is 46.1 Å². The molecular formula is C27H28F3N3O. The minimum Gasteiger partial charge on any atom is -0.335 e. The second-order valence-corrected chi connectivity index (χ2v) is 9.02. The molecule has 1 fully saturated rings. The summed E-state index contributed by atoms with van der Waals surface area (Å²) in [6.45, 7) is 4.76. The van der Waals surface area contributed by atoms with E-state index in [4.69, 9.17) is 0 Å². The van der Waals surface area contributed by atoms with Gasteiger partial charge >= 0.3 is 6.18 Å². The molecule has 1 saturated heterocycles. The number of aryl methyl sites for hydroxylation is 2. The lowest BCUT2D eigenvalue weighted by Crippen LogP contribution is -2.48. The van der Waals surface area contributed by atoms with Crippen LogP contribution >= 0.6 is 0 Å². The first-order chi connectivity index (χ1) is 16.2. The molecule has 4 nitrogen and oxygen atoms in total. The number of carbonyl (C=O) groups excluding carboxylic acids is 1. The zero-order valence-electron chi connectivity index (χ0n) is 19.3. The van der Waals surface area contributed by atoms with E-state index in [9.17, 15) is 18.0 Å². The van der Waals surface area contributed by atoms with E-state index >= 15 is 0 Å². The van der Waals surface area contributed by atoms with Crippen LogP contribution in [0, 0.1) is 12.8 Å². The second kappa shape index (κ2) is 9.95. The SMILES string of the molecule is Cc1ccc(-c2ccccn2)c(C(=O)N2CCC[C@@H](C)[C@H]2CCc2ccc(C(F)(F)F)cn2)c1. The van der Waals surface area contributed by atoms with Gasteiger partial charge in [-0.3, -0.25) is 14.8 Å². The maximum absolute atomic E-state index is 13.8. The minimum absolute atomic E-state index is 0.0116. The minimum atomic E-state index is -4.40. The van der Waals surface area contributed by atoms with Crippen molar-refractivity contribution in [2.75, 3.05) is 6.54 Å². The van der Waals surface area contributed by atoms with Crippen molar-refractivity contribution >= 4 is 5.91 Å². The summed E-state index contributed by atoms with van der Waals surface area (Å²) < 4.78 is 38.5. The number of amides is 1. The van der Waals surface area contributed by atoms with Crippen molar-refractivity contribution in [3.8, 4) is 11.3 Å². The van der Waals surface area contributed by atoms with Gasteiger partial charge in [0, 0.05) is 41.8 Å². The van der Waals surface area contributed by atoms with E-state index in [2.05, 4.69) is 16.9 Å². The van der Waals surface area contributed by atoms with E-state index in [0.29, 0.717) is 30.6 Å². The molecule has 0 radical (unpaired) electrons. The highest BCUT2D eigenvalue weighted by Gasteiger charge is 2.34. The fraction of sp³-hybridized carbons (Fsp3) is 0.370. The number of halogens is 3.